The topological polar surface area (TPSA) is 81.7 Å². The van der Waals surface area contributed by atoms with E-state index in [2.05, 4.69) is 27.7 Å². The number of thiophene rings is 1. The molecular weight excluding hydrogens is 434 g/mol. The molecule has 1 unspecified atom stereocenters. The van der Waals surface area contributed by atoms with Crippen LogP contribution in [0, 0.1) is 0 Å². The van der Waals surface area contributed by atoms with Gasteiger partial charge in [0.25, 0.3) is 11.8 Å². The highest BCUT2D eigenvalue weighted by Gasteiger charge is 2.28. The highest BCUT2D eigenvalue weighted by atomic mass is 32.1. The number of rotatable bonds is 6. The van der Waals surface area contributed by atoms with Crippen molar-refractivity contribution in [1.82, 2.24) is 10.2 Å². The van der Waals surface area contributed by atoms with Gasteiger partial charge in [-0.15, -0.1) is 0 Å². The van der Waals surface area contributed by atoms with Gasteiger partial charge in [0.15, 0.2) is 0 Å². The van der Waals surface area contributed by atoms with E-state index in [1.165, 1.54) is 5.56 Å². The van der Waals surface area contributed by atoms with Gasteiger partial charge in [-0.05, 0) is 77.2 Å². The Morgan fingerprint density at radius 1 is 1.06 bits per heavy atom. The molecule has 6 nitrogen and oxygen atoms in total. The van der Waals surface area contributed by atoms with Gasteiger partial charge >= 0.3 is 0 Å². The van der Waals surface area contributed by atoms with E-state index in [0.717, 1.165) is 42.7 Å². The largest absolute Gasteiger partial charge is 0.395 e. The van der Waals surface area contributed by atoms with Crippen LogP contribution in [0.5, 0.6) is 0 Å². The van der Waals surface area contributed by atoms with Crippen LogP contribution in [0.4, 0.5) is 5.69 Å². The summed E-state index contributed by atoms with van der Waals surface area (Å²) in [6.45, 7) is 2.03. The molecule has 2 aromatic carbocycles. The number of carbonyl (C=O) groups excluding carboxylic acids is 2. The van der Waals surface area contributed by atoms with Crippen LogP contribution >= 0.6 is 11.3 Å². The third-order valence-corrected chi connectivity index (χ3v) is 7.00. The molecule has 33 heavy (non-hydrogen) atoms. The second-order valence-electron chi connectivity index (χ2n) is 8.40. The third kappa shape index (κ3) is 4.48. The average Bonchev–Trinajstić information content (AvgIpc) is 3.52. The van der Waals surface area contributed by atoms with E-state index in [1.54, 1.807) is 23.6 Å². The Hall–Kier alpha value is -3.26. The highest BCUT2D eigenvalue weighted by Crippen LogP contribution is 2.31. The molecule has 0 aliphatic carbocycles. The van der Waals surface area contributed by atoms with Gasteiger partial charge in [0.2, 0.25) is 0 Å². The lowest BCUT2D eigenvalue weighted by molar-refractivity contribution is -0.114. The van der Waals surface area contributed by atoms with Crippen LogP contribution in [-0.2, 0) is 11.3 Å². The van der Waals surface area contributed by atoms with E-state index in [-0.39, 0.29) is 18.6 Å². The number of carbonyl (C=O) groups is 2. The molecule has 2 aliphatic rings. The van der Waals surface area contributed by atoms with Crippen molar-refractivity contribution in [2.45, 2.75) is 25.4 Å². The number of aliphatic hydroxyl groups is 1. The molecule has 0 spiro atoms. The quantitative estimate of drug-likeness (QED) is 0.382. The van der Waals surface area contributed by atoms with Crippen LogP contribution in [0.2, 0.25) is 0 Å². The zero-order valence-corrected chi connectivity index (χ0v) is 18.9. The normalized spacial score (nSPS) is 19.5. The van der Waals surface area contributed by atoms with Crippen molar-refractivity contribution in [2.24, 2.45) is 0 Å². The summed E-state index contributed by atoms with van der Waals surface area (Å²) in [6, 6.07) is 15.9. The summed E-state index contributed by atoms with van der Waals surface area (Å²) in [7, 11) is 0. The number of nitrogens with zero attached hydrogens (tertiary/aromatic N) is 1. The maximum Gasteiger partial charge on any atom is 0.260 e. The molecule has 5 rings (SSSR count). The number of amides is 2. The molecule has 0 radical (unpaired) electrons. The molecule has 1 fully saturated rings. The molecule has 3 N–H and O–H groups in total. The molecule has 2 aliphatic heterocycles. The predicted molar refractivity (Wildman–Crippen MR) is 131 cm³/mol. The summed E-state index contributed by atoms with van der Waals surface area (Å²) in [6.07, 6.45) is 3.83. The van der Waals surface area contributed by atoms with E-state index in [1.807, 2.05) is 41.1 Å². The fourth-order valence-electron chi connectivity index (χ4n) is 4.48. The van der Waals surface area contributed by atoms with Crippen molar-refractivity contribution in [1.29, 1.82) is 0 Å². The second kappa shape index (κ2) is 9.31. The minimum absolute atomic E-state index is 0.202. The third-order valence-electron chi connectivity index (χ3n) is 6.31. The van der Waals surface area contributed by atoms with Crippen LogP contribution in [0.25, 0.3) is 16.7 Å². The number of hydrogen-bond donors (Lipinski definition) is 3. The summed E-state index contributed by atoms with van der Waals surface area (Å²) in [5.41, 5.74) is 5.60. The van der Waals surface area contributed by atoms with Crippen molar-refractivity contribution in [3.05, 3.63) is 82.2 Å². The molecule has 0 bridgehead atoms. The van der Waals surface area contributed by atoms with Gasteiger partial charge in [-0.2, -0.15) is 11.3 Å². The van der Waals surface area contributed by atoms with Crippen molar-refractivity contribution in [2.75, 3.05) is 18.5 Å². The Kier molecular flexibility index (Phi) is 6.09. The number of hydrogen-bond acceptors (Lipinski definition) is 6. The standard InChI is InChI=1S/C26H25N3O3S/c30-15-21-2-1-10-29(21)14-17-3-6-20(7-4-17)27-13-24-23-12-18(19-9-11-33-16-19)5-8-22(23)25(31)28-26(24)32/h3-9,11-13,16,21,27,30H,1-2,10,14-15H2,(H,28,31,32)/b24-13-. The van der Waals surface area contributed by atoms with Crippen LogP contribution in [-0.4, -0.2) is 41.0 Å². The molecule has 1 aromatic heterocycles. The number of benzene rings is 2. The summed E-state index contributed by atoms with van der Waals surface area (Å²) in [4.78, 5) is 27.3. The van der Waals surface area contributed by atoms with E-state index in [0.29, 0.717) is 16.7 Å². The van der Waals surface area contributed by atoms with Crippen molar-refractivity contribution in [3.8, 4) is 11.1 Å². The zero-order valence-electron chi connectivity index (χ0n) is 18.1. The number of nitrogens with one attached hydrogen (secondary N) is 2. The van der Waals surface area contributed by atoms with E-state index < -0.39 is 5.91 Å². The minimum atomic E-state index is -0.414. The van der Waals surface area contributed by atoms with Gasteiger partial charge in [-0.1, -0.05) is 18.2 Å². The number of anilines is 1. The number of fused-ring (bicyclic) bond motifs is 1. The van der Waals surface area contributed by atoms with Gasteiger partial charge in [0.1, 0.15) is 0 Å². The Labute approximate surface area is 196 Å². The Morgan fingerprint density at radius 2 is 1.91 bits per heavy atom. The average molecular weight is 460 g/mol. The first kappa shape index (κ1) is 21.6. The smallest absolute Gasteiger partial charge is 0.260 e. The van der Waals surface area contributed by atoms with E-state index in [4.69, 9.17) is 0 Å². The van der Waals surface area contributed by atoms with Crippen LogP contribution in [0.1, 0.15) is 34.3 Å². The Morgan fingerprint density at radius 3 is 2.67 bits per heavy atom. The maximum atomic E-state index is 12.6. The van der Waals surface area contributed by atoms with Gasteiger partial charge in [-0.25, -0.2) is 0 Å². The fraction of sp³-hybridized carbons (Fsp3) is 0.231. The number of likely N-dealkylation sites (tertiary alicyclic amines) is 1. The van der Waals surface area contributed by atoms with Crippen molar-refractivity contribution < 1.29 is 14.7 Å². The van der Waals surface area contributed by atoms with E-state index >= 15 is 0 Å². The van der Waals surface area contributed by atoms with Gasteiger partial charge in [0.05, 0.1) is 12.2 Å². The Balaban J connectivity index is 1.36. The van der Waals surface area contributed by atoms with Crippen LogP contribution < -0.4 is 10.6 Å². The zero-order chi connectivity index (χ0) is 22.8. The monoisotopic (exact) mass is 459 g/mol. The lowest BCUT2D eigenvalue weighted by atomic mass is 9.92. The van der Waals surface area contributed by atoms with Gasteiger partial charge in [-0.3, -0.25) is 19.8 Å². The molecule has 168 valence electrons. The van der Waals surface area contributed by atoms with Crippen LogP contribution in [0.3, 0.4) is 0 Å². The maximum absolute atomic E-state index is 12.6. The lowest BCUT2D eigenvalue weighted by Gasteiger charge is -2.22. The summed E-state index contributed by atoms with van der Waals surface area (Å²) < 4.78 is 0. The SMILES string of the molecule is O=C1NC(=O)c2ccc(-c3ccsc3)cc2/C1=C/Nc1ccc(CN2CCCC2CO)cc1. The minimum Gasteiger partial charge on any atom is -0.395 e. The van der Waals surface area contributed by atoms with Crippen molar-refractivity contribution >= 4 is 34.4 Å². The lowest BCUT2D eigenvalue weighted by Crippen LogP contribution is -2.36. The van der Waals surface area contributed by atoms with Gasteiger partial charge < -0.3 is 10.4 Å². The molecule has 3 aromatic rings. The summed E-state index contributed by atoms with van der Waals surface area (Å²) >= 11 is 1.60. The first-order valence-electron chi connectivity index (χ1n) is 11.1. The molecule has 3 heterocycles. The molecule has 1 saturated heterocycles. The van der Waals surface area contributed by atoms with E-state index in [9.17, 15) is 14.7 Å². The molecule has 0 saturated carbocycles. The first-order chi connectivity index (χ1) is 16.1. The molecule has 7 heteroatoms. The fourth-order valence-corrected chi connectivity index (χ4v) is 5.15. The first-order valence-corrected chi connectivity index (χ1v) is 12.0. The van der Waals surface area contributed by atoms with Crippen molar-refractivity contribution in [3.63, 3.8) is 0 Å². The van der Waals surface area contributed by atoms with Gasteiger partial charge in [0, 0.05) is 35.6 Å². The summed E-state index contributed by atoms with van der Waals surface area (Å²) in [5, 5.41) is 19.2. The predicted octanol–water partition coefficient (Wildman–Crippen LogP) is 4.09. The van der Waals surface area contributed by atoms with Crippen LogP contribution in [0.15, 0.2) is 65.5 Å². The molecule has 1 atom stereocenters. The molecule has 2 amide bonds. The summed E-state index contributed by atoms with van der Waals surface area (Å²) in [5.74, 6) is -0.792. The number of aliphatic hydroxyl groups excluding tert-OH is 1. The number of imide groups is 1. The molecular formula is C26H25N3O3S. The highest BCUT2D eigenvalue weighted by molar-refractivity contribution is 7.08. The Bertz CT molecular complexity index is 1200. The second-order valence-corrected chi connectivity index (χ2v) is 9.18.